The van der Waals surface area contributed by atoms with Crippen molar-refractivity contribution in [2.24, 2.45) is 0 Å². The van der Waals surface area contributed by atoms with Crippen LogP contribution in [0, 0.1) is 11.6 Å². The van der Waals surface area contributed by atoms with E-state index in [4.69, 9.17) is 0 Å². The highest BCUT2D eigenvalue weighted by Crippen LogP contribution is 2.19. The van der Waals surface area contributed by atoms with E-state index < -0.39 is 23.1 Å². The van der Waals surface area contributed by atoms with E-state index in [0.717, 1.165) is 29.4 Å². The number of unbranched alkanes of at least 4 members (excludes halogenated alkanes) is 1. The molecule has 0 saturated carbocycles. The Bertz CT molecular complexity index is 391. The Kier molecular flexibility index (Phi) is 6.32. The lowest BCUT2D eigenvalue weighted by Gasteiger charge is -2.07. The highest BCUT2D eigenvalue weighted by atomic mass is 127. The van der Waals surface area contributed by atoms with Crippen molar-refractivity contribution in [3.05, 3.63) is 33.8 Å². The van der Waals surface area contributed by atoms with Gasteiger partial charge in [-0.2, -0.15) is 0 Å². The Morgan fingerprint density at radius 3 is 2.41 bits per heavy atom. The first kappa shape index (κ1) is 14.8. The van der Waals surface area contributed by atoms with Gasteiger partial charge in [0, 0.05) is 11.0 Å². The van der Waals surface area contributed by atoms with Crippen molar-refractivity contribution in [1.29, 1.82) is 0 Å². The Balaban J connectivity index is 2.69. The molecule has 6 heteroatoms. The number of carbonyl (C=O) groups excluding carboxylic acids is 1. The molecule has 1 aromatic carbocycles. The first-order valence-corrected chi connectivity index (χ1v) is 7.37. The molecule has 0 spiro atoms. The van der Waals surface area contributed by atoms with Crippen molar-refractivity contribution >= 4 is 44.4 Å². The van der Waals surface area contributed by atoms with Gasteiger partial charge in [-0.1, -0.05) is 38.5 Å². The maximum atomic E-state index is 13.4. The normalized spacial score (nSPS) is 10.4. The Morgan fingerprint density at radius 1 is 1.29 bits per heavy atom. The summed E-state index contributed by atoms with van der Waals surface area (Å²) < 4.78 is 28.1. The van der Waals surface area contributed by atoms with Crippen LogP contribution in [0.1, 0.15) is 23.2 Å². The SMILES string of the molecule is O=C(NCCCCI)c1c(F)cc(Br)cc1F. The third-order valence-electron chi connectivity index (χ3n) is 2.08. The van der Waals surface area contributed by atoms with Gasteiger partial charge in [-0.25, -0.2) is 8.78 Å². The fourth-order valence-electron chi connectivity index (χ4n) is 1.27. The molecule has 0 heterocycles. The van der Waals surface area contributed by atoms with Crippen LogP contribution in [0.5, 0.6) is 0 Å². The van der Waals surface area contributed by atoms with Gasteiger partial charge in [0.2, 0.25) is 0 Å². The van der Waals surface area contributed by atoms with Crippen molar-refractivity contribution in [2.75, 3.05) is 11.0 Å². The maximum absolute atomic E-state index is 13.4. The first-order chi connectivity index (χ1) is 8.06. The molecule has 1 N–H and O–H groups in total. The lowest BCUT2D eigenvalue weighted by molar-refractivity contribution is 0.0944. The van der Waals surface area contributed by atoms with Crippen LogP contribution in [0.2, 0.25) is 0 Å². The lowest BCUT2D eigenvalue weighted by Crippen LogP contribution is -2.26. The van der Waals surface area contributed by atoms with Crippen molar-refractivity contribution in [3.8, 4) is 0 Å². The summed E-state index contributed by atoms with van der Waals surface area (Å²) in [5.74, 6) is -2.42. The third-order valence-corrected chi connectivity index (χ3v) is 3.30. The second-order valence-electron chi connectivity index (χ2n) is 3.40. The molecule has 0 saturated heterocycles. The number of carbonyl (C=O) groups is 1. The molecular weight excluding hydrogens is 407 g/mol. The minimum absolute atomic E-state index is 0.272. The molecule has 0 aromatic heterocycles. The number of hydrogen-bond acceptors (Lipinski definition) is 1. The van der Waals surface area contributed by atoms with Crippen LogP contribution in [0.15, 0.2) is 16.6 Å². The molecule has 0 fully saturated rings. The quantitative estimate of drug-likeness (QED) is 0.442. The van der Waals surface area contributed by atoms with Gasteiger partial charge in [0.1, 0.15) is 17.2 Å². The first-order valence-electron chi connectivity index (χ1n) is 5.05. The Labute approximate surface area is 120 Å². The van der Waals surface area contributed by atoms with Gasteiger partial charge in [-0.3, -0.25) is 4.79 Å². The average molecular weight is 418 g/mol. The fraction of sp³-hybridized carbons (Fsp3) is 0.364. The summed E-state index contributed by atoms with van der Waals surface area (Å²) in [5.41, 5.74) is -0.525. The van der Waals surface area contributed by atoms with E-state index in [1.54, 1.807) is 0 Å². The van der Waals surface area contributed by atoms with Crippen LogP contribution in [0.25, 0.3) is 0 Å². The molecule has 0 radical (unpaired) electrons. The molecule has 2 nitrogen and oxygen atoms in total. The predicted octanol–water partition coefficient (Wildman–Crippen LogP) is 3.67. The van der Waals surface area contributed by atoms with E-state index in [2.05, 4.69) is 43.8 Å². The Hall–Kier alpha value is -0.240. The summed E-state index contributed by atoms with van der Waals surface area (Å²) in [7, 11) is 0. The molecule has 94 valence electrons. The Morgan fingerprint density at radius 2 is 1.88 bits per heavy atom. The minimum atomic E-state index is -0.858. The van der Waals surface area contributed by atoms with Gasteiger partial charge in [0.05, 0.1) is 0 Å². The lowest BCUT2D eigenvalue weighted by atomic mass is 10.2. The van der Waals surface area contributed by atoms with Gasteiger partial charge in [0.25, 0.3) is 5.91 Å². The number of halogens is 4. The minimum Gasteiger partial charge on any atom is -0.352 e. The zero-order chi connectivity index (χ0) is 12.8. The molecule has 0 aliphatic heterocycles. The number of amides is 1. The standard InChI is InChI=1S/C11H11BrF2INO/c12-7-5-8(13)10(9(14)6-7)11(17)16-4-2-1-3-15/h5-6H,1-4H2,(H,16,17). The molecule has 1 rings (SSSR count). The number of nitrogens with one attached hydrogen (secondary N) is 1. The number of benzene rings is 1. The van der Waals surface area contributed by atoms with Crippen molar-refractivity contribution in [2.45, 2.75) is 12.8 Å². The average Bonchev–Trinajstić information content (AvgIpc) is 2.23. The number of alkyl halides is 1. The third kappa shape index (κ3) is 4.50. The second-order valence-corrected chi connectivity index (χ2v) is 5.39. The van der Waals surface area contributed by atoms with Gasteiger partial charge in [0.15, 0.2) is 0 Å². The van der Waals surface area contributed by atoms with Gasteiger partial charge in [-0.05, 0) is 29.4 Å². The van der Waals surface area contributed by atoms with Crippen LogP contribution in [0.4, 0.5) is 8.78 Å². The monoisotopic (exact) mass is 417 g/mol. The molecule has 1 aromatic rings. The summed E-state index contributed by atoms with van der Waals surface area (Å²) in [6.07, 6.45) is 1.76. The molecular formula is C11H11BrF2INO. The van der Waals surface area contributed by atoms with Gasteiger partial charge < -0.3 is 5.32 Å². The van der Waals surface area contributed by atoms with E-state index in [-0.39, 0.29) is 4.47 Å². The number of hydrogen-bond donors (Lipinski definition) is 1. The van der Waals surface area contributed by atoms with E-state index in [1.165, 1.54) is 0 Å². The van der Waals surface area contributed by atoms with Crippen molar-refractivity contribution in [3.63, 3.8) is 0 Å². The summed E-state index contributed by atoms with van der Waals surface area (Å²) in [6.45, 7) is 0.427. The highest BCUT2D eigenvalue weighted by molar-refractivity contribution is 14.1. The van der Waals surface area contributed by atoms with E-state index >= 15 is 0 Å². The molecule has 0 bridgehead atoms. The smallest absolute Gasteiger partial charge is 0.257 e. The van der Waals surface area contributed by atoms with Crippen LogP contribution in [-0.4, -0.2) is 16.9 Å². The van der Waals surface area contributed by atoms with Crippen LogP contribution in [-0.2, 0) is 0 Å². The maximum Gasteiger partial charge on any atom is 0.257 e. The topological polar surface area (TPSA) is 29.1 Å². The summed E-state index contributed by atoms with van der Waals surface area (Å²) >= 11 is 5.19. The highest BCUT2D eigenvalue weighted by Gasteiger charge is 2.17. The van der Waals surface area contributed by atoms with Gasteiger partial charge in [-0.15, -0.1) is 0 Å². The van der Waals surface area contributed by atoms with Crippen molar-refractivity contribution in [1.82, 2.24) is 5.32 Å². The van der Waals surface area contributed by atoms with E-state index in [0.29, 0.717) is 6.54 Å². The zero-order valence-electron chi connectivity index (χ0n) is 8.90. The van der Waals surface area contributed by atoms with Gasteiger partial charge >= 0.3 is 0 Å². The van der Waals surface area contributed by atoms with E-state index in [9.17, 15) is 13.6 Å². The predicted molar refractivity (Wildman–Crippen MR) is 74.5 cm³/mol. The second kappa shape index (κ2) is 7.25. The molecule has 0 atom stereocenters. The summed E-state index contributed by atoms with van der Waals surface area (Å²) in [5, 5.41) is 2.50. The zero-order valence-corrected chi connectivity index (χ0v) is 12.6. The molecule has 0 aliphatic carbocycles. The fourth-order valence-corrected chi connectivity index (χ4v) is 2.21. The van der Waals surface area contributed by atoms with Crippen LogP contribution >= 0.6 is 38.5 Å². The van der Waals surface area contributed by atoms with Crippen LogP contribution < -0.4 is 5.32 Å². The molecule has 0 aliphatic rings. The van der Waals surface area contributed by atoms with E-state index in [1.807, 2.05) is 0 Å². The molecule has 0 unspecified atom stereocenters. The molecule has 17 heavy (non-hydrogen) atoms. The van der Waals surface area contributed by atoms with Crippen LogP contribution in [0.3, 0.4) is 0 Å². The van der Waals surface area contributed by atoms with Crippen molar-refractivity contribution < 1.29 is 13.6 Å². The number of rotatable bonds is 5. The summed E-state index contributed by atoms with van der Waals surface area (Å²) in [4.78, 5) is 11.6. The molecule has 1 amide bonds. The summed E-state index contributed by atoms with van der Waals surface area (Å²) in [6, 6.07) is 2.14. The largest absolute Gasteiger partial charge is 0.352 e.